The second-order valence-electron chi connectivity index (χ2n) is 4.23. The van der Waals surface area contributed by atoms with Gasteiger partial charge in [-0.05, 0) is 24.3 Å². The van der Waals surface area contributed by atoms with Crippen LogP contribution >= 0.6 is 28.1 Å². The van der Waals surface area contributed by atoms with Gasteiger partial charge < -0.3 is 15.2 Å². The van der Waals surface area contributed by atoms with Gasteiger partial charge in [-0.2, -0.15) is 0 Å². The molecule has 0 heterocycles. The predicted octanol–water partition coefficient (Wildman–Crippen LogP) is 3.81. The van der Waals surface area contributed by atoms with Gasteiger partial charge >= 0.3 is 0 Å². The maximum atomic E-state index is 14.0. The van der Waals surface area contributed by atoms with Gasteiger partial charge in [-0.1, -0.05) is 40.3 Å². The van der Waals surface area contributed by atoms with Crippen molar-refractivity contribution in [2.45, 2.75) is 6.61 Å². The third-order valence-corrected chi connectivity index (χ3v) is 3.57. The maximum absolute atomic E-state index is 14.0. The second-order valence-corrected chi connectivity index (χ2v) is 5.58. The van der Waals surface area contributed by atoms with Gasteiger partial charge in [0.25, 0.3) is 0 Å². The Bertz CT molecular complexity index is 679. The van der Waals surface area contributed by atoms with Gasteiger partial charge in [0, 0.05) is 10.0 Å². The van der Waals surface area contributed by atoms with Crippen molar-refractivity contribution >= 4 is 33.1 Å². The molecule has 0 radical (unpaired) electrons. The molecule has 0 saturated carbocycles. The topological polar surface area (TPSA) is 44.5 Å². The Morgan fingerprint density at radius 2 is 2.05 bits per heavy atom. The molecule has 2 aromatic carbocycles. The zero-order valence-electron chi connectivity index (χ0n) is 11.2. The lowest BCUT2D eigenvalue weighted by molar-refractivity contribution is 0.295. The molecule has 0 fully saturated rings. The summed E-state index contributed by atoms with van der Waals surface area (Å²) in [7, 11) is 1.42. The highest BCUT2D eigenvalue weighted by Gasteiger charge is 2.11. The van der Waals surface area contributed by atoms with Crippen LogP contribution in [0.1, 0.15) is 11.1 Å². The molecule has 0 aliphatic heterocycles. The number of hydrogen-bond donors (Lipinski definition) is 1. The van der Waals surface area contributed by atoms with Crippen molar-refractivity contribution in [3.63, 3.8) is 0 Å². The molecule has 0 unspecified atom stereocenters. The van der Waals surface area contributed by atoms with Crippen molar-refractivity contribution in [3.05, 3.63) is 57.8 Å². The van der Waals surface area contributed by atoms with E-state index in [0.29, 0.717) is 16.9 Å². The van der Waals surface area contributed by atoms with Crippen LogP contribution in [0.5, 0.6) is 11.5 Å². The third kappa shape index (κ3) is 3.71. The molecular formula is C15H13BrFNO2S. The fraction of sp³-hybridized carbons (Fsp3) is 0.133. The molecule has 0 aromatic heterocycles. The van der Waals surface area contributed by atoms with Crippen molar-refractivity contribution in [2.75, 3.05) is 7.11 Å². The number of methoxy groups -OCH3 is 1. The highest BCUT2D eigenvalue weighted by molar-refractivity contribution is 9.10. The van der Waals surface area contributed by atoms with Crippen molar-refractivity contribution in [1.29, 1.82) is 0 Å². The number of hydrogen-bond acceptors (Lipinski definition) is 3. The lowest BCUT2D eigenvalue weighted by Crippen LogP contribution is -2.12. The zero-order valence-corrected chi connectivity index (χ0v) is 13.6. The summed E-state index contributed by atoms with van der Waals surface area (Å²) in [5.74, 6) is 0.253. The van der Waals surface area contributed by atoms with Gasteiger partial charge in [0.1, 0.15) is 17.3 Å². The molecule has 6 heteroatoms. The highest BCUT2D eigenvalue weighted by Crippen LogP contribution is 2.26. The van der Waals surface area contributed by atoms with E-state index in [-0.39, 0.29) is 17.3 Å². The standard InChI is InChI=1S/C15H13BrFNO2S/c1-19-13-4-2-3-9(14(13)17)8-20-12-6-5-10(16)7-11(12)15(18)21/h2-7H,8H2,1H3,(H2,18,21). The molecule has 2 rings (SSSR count). The van der Waals surface area contributed by atoms with Gasteiger partial charge in [0.15, 0.2) is 11.6 Å². The summed E-state index contributed by atoms with van der Waals surface area (Å²) < 4.78 is 25.4. The van der Waals surface area contributed by atoms with Crippen LogP contribution in [0.3, 0.4) is 0 Å². The Morgan fingerprint density at radius 1 is 1.29 bits per heavy atom. The monoisotopic (exact) mass is 369 g/mol. The van der Waals surface area contributed by atoms with Gasteiger partial charge in [-0.15, -0.1) is 0 Å². The van der Waals surface area contributed by atoms with Gasteiger partial charge in [-0.3, -0.25) is 0 Å². The molecule has 3 nitrogen and oxygen atoms in total. The van der Waals surface area contributed by atoms with Crippen LogP contribution in [0.2, 0.25) is 0 Å². The van der Waals surface area contributed by atoms with E-state index < -0.39 is 5.82 Å². The van der Waals surface area contributed by atoms with Crippen LogP contribution < -0.4 is 15.2 Å². The smallest absolute Gasteiger partial charge is 0.171 e. The summed E-state index contributed by atoms with van der Waals surface area (Å²) in [6, 6.07) is 10.2. The van der Waals surface area contributed by atoms with Gasteiger partial charge in [-0.25, -0.2) is 4.39 Å². The molecule has 21 heavy (non-hydrogen) atoms. The zero-order chi connectivity index (χ0) is 15.4. The minimum absolute atomic E-state index is 0.0558. The number of nitrogens with two attached hydrogens (primary N) is 1. The molecule has 0 aliphatic rings. The molecule has 0 atom stereocenters. The first-order valence-corrected chi connectivity index (χ1v) is 7.26. The number of rotatable bonds is 5. The van der Waals surface area contributed by atoms with Crippen molar-refractivity contribution in [2.24, 2.45) is 5.73 Å². The molecule has 110 valence electrons. The lowest BCUT2D eigenvalue weighted by atomic mass is 10.2. The first-order chi connectivity index (χ1) is 10.0. The molecule has 0 amide bonds. The van der Waals surface area contributed by atoms with Crippen molar-refractivity contribution in [1.82, 2.24) is 0 Å². The minimum Gasteiger partial charge on any atom is -0.494 e. The average Bonchev–Trinajstić information content (AvgIpc) is 2.47. The van der Waals surface area contributed by atoms with E-state index in [0.717, 1.165) is 4.47 Å². The quantitative estimate of drug-likeness (QED) is 0.813. The molecule has 0 spiro atoms. The summed E-state index contributed by atoms with van der Waals surface area (Å²) in [4.78, 5) is 0.220. The SMILES string of the molecule is COc1cccc(COc2ccc(Br)cc2C(N)=S)c1F. The van der Waals surface area contributed by atoms with Crippen LogP contribution in [0.15, 0.2) is 40.9 Å². The Kier molecular flexibility index (Phi) is 5.14. The van der Waals surface area contributed by atoms with E-state index in [9.17, 15) is 4.39 Å². The average molecular weight is 370 g/mol. The summed E-state index contributed by atoms with van der Waals surface area (Å²) in [6.45, 7) is 0.0558. The Labute approximate surface area is 136 Å². The fourth-order valence-corrected chi connectivity index (χ4v) is 2.32. The second kappa shape index (κ2) is 6.87. The van der Waals surface area contributed by atoms with Crippen molar-refractivity contribution < 1.29 is 13.9 Å². The summed E-state index contributed by atoms with van der Waals surface area (Å²) in [5.41, 5.74) is 6.66. The van der Waals surface area contributed by atoms with E-state index in [1.165, 1.54) is 7.11 Å². The summed E-state index contributed by atoms with van der Waals surface area (Å²) >= 11 is 8.33. The van der Waals surface area contributed by atoms with Crippen LogP contribution in [0, 0.1) is 5.82 Å². The summed E-state index contributed by atoms with van der Waals surface area (Å²) in [6.07, 6.45) is 0. The highest BCUT2D eigenvalue weighted by atomic mass is 79.9. The van der Waals surface area contributed by atoms with Crippen molar-refractivity contribution in [3.8, 4) is 11.5 Å². The van der Waals surface area contributed by atoms with Crippen LogP contribution in [0.25, 0.3) is 0 Å². The molecule has 2 aromatic rings. The maximum Gasteiger partial charge on any atom is 0.171 e. The lowest BCUT2D eigenvalue weighted by Gasteiger charge is -2.12. The molecule has 0 aliphatic carbocycles. The van der Waals surface area contributed by atoms with Crippen LogP contribution in [0.4, 0.5) is 4.39 Å². The molecule has 0 bridgehead atoms. The normalized spacial score (nSPS) is 10.2. The largest absolute Gasteiger partial charge is 0.494 e. The minimum atomic E-state index is -0.436. The number of ether oxygens (including phenoxy) is 2. The molecular weight excluding hydrogens is 357 g/mol. The van der Waals surface area contributed by atoms with Gasteiger partial charge in [0.2, 0.25) is 0 Å². The van der Waals surface area contributed by atoms with Crippen LogP contribution in [-0.2, 0) is 6.61 Å². The van der Waals surface area contributed by atoms with E-state index in [1.807, 2.05) is 0 Å². The van der Waals surface area contributed by atoms with E-state index in [4.69, 9.17) is 27.4 Å². The first kappa shape index (κ1) is 15.7. The van der Waals surface area contributed by atoms with E-state index in [1.54, 1.807) is 36.4 Å². The Balaban J connectivity index is 2.23. The number of benzene rings is 2. The Hall–Kier alpha value is -1.66. The number of halogens is 2. The Morgan fingerprint density at radius 3 is 2.71 bits per heavy atom. The van der Waals surface area contributed by atoms with E-state index in [2.05, 4.69) is 15.9 Å². The first-order valence-electron chi connectivity index (χ1n) is 6.06. The molecule has 2 N–H and O–H groups in total. The summed E-state index contributed by atoms with van der Waals surface area (Å²) in [5, 5.41) is 0. The molecule has 0 saturated heterocycles. The van der Waals surface area contributed by atoms with E-state index >= 15 is 0 Å². The third-order valence-electron chi connectivity index (χ3n) is 2.85. The van der Waals surface area contributed by atoms with Crippen LogP contribution in [-0.4, -0.2) is 12.1 Å². The number of thiocarbonyl (C=S) groups is 1. The van der Waals surface area contributed by atoms with Gasteiger partial charge in [0.05, 0.1) is 12.7 Å². The predicted molar refractivity (Wildman–Crippen MR) is 87.3 cm³/mol. The fourth-order valence-electron chi connectivity index (χ4n) is 1.80.